The zero-order valence-corrected chi connectivity index (χ0v) is 11.2. The number of hydrogen-bond acceptors (Lipinski definition) is 2. The lowest BCUT2D eigenvalue weighted by Gasteiger charge is -2.07. The summed E-state index contributed by atoms with van der Waals surface area (Å²) in [5, 5.41) is 2.76. The Morgan fingerprint density at radius 1 is 1.33 bits per heavy atom. The van der Waals surface area contributed by atoms with Gasteiger partial charge >= 0.3 is 0 Å². The van der Waals surface area contributed by atoms with E-state index in [9.17, 15) is 9.59 Å². The average molecular weight is 307 g/mol. The number of hydrogen-bond donors (Lipinski definition) is 2. The van der Waals surface area contributed by atoms with E-state index in [1.165, 1.54) is 0 Å². The molecule has 0 aliphatic carbocycles. The summed E-state index contributed by atoms with van der Waals surface area (Å²) in [6, 6.07) is 8.78. The minimum absolute atomic E-state index is 0.285. The van der Waals surface area contributed by atoms with E-state index in [-0.39, 0.29) is 5.91 Å². The van der Waals surface area contributed by atoms with E-state index in [4.69, 9.17) is 0 Å². The first-order chi connectivity index (χ1) is 8.60. The number of carbonyl (C=O) groups excluding carboxylic acids is 2. The van der Waals surface area contributed by atoms with Gasteiger partial charge in [-0.2, -0.15) is 0 Å². The van der Waals surface area contributed by atoms with Gasteiger partial charge in [-0.05, 0) is 52.7 Å². The van der Waals surface area contributed by atoms with Gasteiger partial charge in [-0.25, -0.2) is 0 Å². The molecule has 18 heavy (non-hydrogen) atoms. The fourth-order valence-electron chi connectivity index (χ4n) is 1.52. The van der Waals surface area contributed by atoms with Gasteiger partial charge in [0.1, 0.15) is 5.69 Å². The van der Waals surface area contributed by atoms with Crippen LogP contribution in [-0.2, 0) is 0 Å². The van der Waals surface area contributed by atoms with Crippen molar-refractivity contribution in [2.45, 2.75) is 6.92 Å². The quantitative estimate of drug-likeness (QED) is 0.856. The van der Waals surface area contributed by atoms with E-state index >= 15 is 0 Å². The largest absolute Gasteiger partial charge is 0.348 e. The van der Waals surface area contributed by atoms with Gasteiger partial charge in [0.15, 0.2) is 6.29 Å². The highest BCUT2D eigenvalue weighted by atomic mass is 79.9. The smallest absolute Gasteiger partial charge is 0.272 e. The Labute approximate surface area is 113 Å². The molecule has 1 amide bonds. The molecule has 0 radical (unpaired) electrons. The van der Waals surface area contributed by atoms with Crippen molar-refractivity contribution < 1.29 is 9.59 Å². The van der Waals surface area contributed by atoms with Gasteiger partial charge in [0, 0.05) is 4.47 Å². The SMILES string of the molecule is Cc1ccc(NC(=O)c2ccc(C=O)[nH]2)c(Br)c1. The molecule has 0 aliphatic heterocycles. The summed E-state index contributed by atoms with van der Waals surface area (Å²) in [6.45, 7) is 1.97. The van der Waals surface area contributed by atoms with Crippen LogP contribution in [0, 0.1) is 6.92 Å². The molecule has 2 aromatic rings. The Bertz CT molecular complexity index is 605. The molecule has 0 saturated carbocycles. The van der Waals surface area contributed by atoms with Gasteiger partial charge in [-0.3, -0.25) is 9.59 Å². The summed E-state index contributed by atoms with van der Waals surface area (Å²) in [6.07, 6.45) is 0.665. The molecule has 0 saturated heterocycles. The number of aromatic nitrogens is 1. The van der Waals surface area contributed by atoms with E-state index < -0.39 is 0 Å². The molecule has 1 aromatic carbocycles. The number of rotatable bonds is 3. The molecule has 2 rings (SSSR count). The van der Waals surface area contributed by atoms with E-state index in [2.05, 4.69) is 26.2 Å². The average Bonchev–Trinajstić information content (AvgIpc) is 2.81. The van der Waals surface area contributed by atoms with Gasteiger partial charge in [-0.15, -0.1) is 0 Å². The second-order valence-corrected chi connectivity index (χ2v) is 4.74. The number of aromatic amines is 1. The standard InChI is InChI=1S/C13H11BrN2O2/c1-8-2-4-11(10(14)6-8)16-13(18)12-5-3-9(7-17)15-12/h2-7,15H,1H3,(H,16,18). The normalized spacial score (nSPS) is 10.1. The van der Waals surface area contributed by atoms with Crippen molar-refractivity contribution in [2.75, 3.05) is 5.32 Å². The molecule has 1 aromatic heterocycles. The number of H-pyrrole nitrogens is 1. The topological polar surface area (TPSA) is 62.0 Å². The van der Waals surface area contributed by atoms with Crippen LogP contribution in [0.4, 0.5) is 5.69 Å². The number of benzene rings is 1. The minimum Gasteiger partial charge on any atom is -0.348 e. The molecule has 5 heteroatoms. The van der Waals surface area contributed by atoms with E-state index in [1.54, 1.807) is 12.1 Å². The third-order valence-electron chi connectivity index (χ3n) is 2.45. The molecule has 0 atom stereocenters. The summed E-state index contributed by atoms with van der Waals surface area (Å²) in [4.78, 5) is 25.1. The predicted octanol–water partition coefficient (Wildman–Crippen LogP) is 3.15. The van der Waals surface area contributed by atoms with Crippen LogP contribution in [0.2, 0.25) is 0 Å². The van der Waals surface area contributed by atoms with Gasteiger partial charge in [0.2, 0.25) is 0 Å². The summed E-state index contributed by atoms with van der Waals surface area (Å²) >= 11 is 3.39. The summed E-state index contributed by atoms with van der Waals surface area (Å²) in [5.74, 6) is -0.285. The van der Waals surface area contributed by atoms with Crippen molar-refractivity contribution in [3.05, 3.63) is 51.8 Å². The number of carbonyl (C=O) groups is 2. The highest BCUT2D eigenvalue weighted by Crippen LogP contribution is 2.23. The van der Waals surface area contributed by atoms with Crippen LogP contribution in [-0.4, -0.2) is 17.2 Å². The Balaban J connectivity index is 2.18. The van der Waals surface area contributed by atoms with Crippen molar-refractivity contribution >= 4 is 33.8 Å². The molecule has 0 bridgehead atoms. The van der Waals surface area contributed by atoms with Crippen LogP contribution in [0.1, 0.15) is 26.5 Å². The zero-order valence-electron chi connectivity index (χ0n) is 9.66. The predicted molar refractivity (Wildman–Crippen MR) is 73.0 cm³/mol. The number of halogens is 1. The number of anilines is 1. The first kappa shape index (κ1) is 12.6. The first-order valence-corrected chi connectivity index (χ1v) is 6.11. The van der Waals surface area contributed by atoms with Crippen LogP contribution in [0.25, 0.3) is 0 Å². The van der Waals surface area contributed by atoms with Crippen molar-refractivity contribution in [3.63, 3.8) is 0 Å². The maximum absolute atomic E-state index is 11.9. The molecular formula is C13H11BrN2O2. The molecule has 0 unspecified atom stereocenters. The van der Waals surface area contributed by atoms with Crippen molar-refractivity contribution in [3.8, 4) is 0 Å². The Morgan fingerprint density at radius 2 is 2.11 bits per heavy atom. The van der Waals surface area contributed by atoms with Gasteiger partial charge in [-0.1, -0.05) is 6.07 Å². The second-order valence-electron chi connectivity index (χ2n) is 3.88. The number of aldehydes is 1. The third kappa shape index (κ3) is 2.68. The Morgan fingerprint density at radius 3 is 2.72 bits per heavy atom. The number of nitrogens with one attached hydrogen (secondary N) is 2. The van der Waals surface area contributed by atoms with Crippen molar-refractivity contribution in [2.24, 2.45) is 0 Å². The fourth-order valence-corrected chi connectivity index (χ4v) is 2.12. The van der Waals surface area contributed by atoms with Crippen LogP contribution in [0.3, 0.4) is 0 Å². The monoisotopic (exact) mass is 306 g/mol. The Kier molecular flexibility index (Phi) is 3.62. The fraction of sp³-hybridized carbons (Fsp3) is 0.0769. The minimum atomic E-state index is -0.285. The molecular weight excluding hydrogens is 296 g/mol. The van der Waals surface area contributed by atoms with Gasteiger partial charge in [0.05, 0.1) is 11.4 Å². The first-order valence-electron chi connectivity index (χ1n) is 5.32. The lowest BCUT2D eigenvalue weighted by atomic mass is 10.2. The highest BCUT2D eigenvalue weighted by Gasteiger charge is 2.10. The molecule has 1 heterocycles. The van der Waals surface area contributed by atoms with Gasteiger partial charge in [0.25, 0.3) is 5.91 Å². The molecule has 0 aliphatic rings. The van der Waals surface area contributed by atoms with Crippen molar-refractivity contribution in [1.82, 2.24) is 4.98 Å². The van der Waals surface area contributed by atoms with E-state index in [0.29, 0.717) is 23.4 Å². The van der Waals surface area contributed by atoms with Crippen LogP contribution < -0.4 is 5.32 Å². The van der Waals surface area contributed by atoms with Crippen LogP contribution >= 0.6 is 15.9 Å². The molecule has 4 nitrogen and oxygen atoms in total. The zero-order chi connectivity index (χ0) is 13.1. The number of amides is 1. The van der Waals surface area contributed by atoms with E-state index in [0.717, 1.165) is 10.0 Å². The molecule has 0 fully saturated rings. The molecule has 2 N–H and O–H groups in total. The lowest BCUT2D eigenvalue weighted by Crippen LogP contribution is -2.12. The molecule has 92 valence electrons. The summed E-state index contributed by atoms with van der Waals surface area (Å²) in [5.41, 5.74) is 2.52. The third-order valence-corrected chi connectivity index (χ3v) is 3.11. The highest BCUT2D eigenvalue weighted by molar-refractivity contribution is 9.10. The van der Waals surface area contributed by atoms with Crippen molar-refractivity contribution in [1.29, 1.82) is 0 Å². The molecule has 0 spiro atoms. The van der Waals surface area contributed by atoms with Gasteiger partial charge < -0.3 is 10.3 Å². The maximum Gasteiger partial charge on any atom is 0.272 e. The maximum atomic E-state index is 11.9. The van der Waals surface area contributed by atoms with Crippen LogP contribution in [0.15, 0.2) is 34.8 Å². The second kappa shape index (κ2) is 5.18. The summed E-state index contributed by atoms with van der Waals surface area (Å²) < 4.78 is 0.818. The summed E-state index contributed by atoms with van der Waals surface area (Å²) in [7, 11) is 0. The lowest BCUT2D eigenvalue weighted by molar-refractivity contribution is 0.102. The Hall–Kier alpha value is -1.88. The van der Waals surface area contributed by atoms with E-state index in [1.807, 2.05) is 25.1 Å². The van der Waals surface area contributed by atoms with Crippen LogP contribution in [0.5, 0.6) is 0 Å². The number of aryl methyl sites for hydroxylation is 1.